The lowest BCUT2D eigenvalue weighted by atomic mass is 9.91. The molecule has 126 valence electrons. The Morgan fingerprint density at radius 2 is 1.72 bits per heavy atom. The maximum atomic E-state index is 12.5. The van der Waals surface area contributed by atoms with E-state index in [-0.39, 0.29) is 11.1 Å². The maximum absolute atomic E-state index is 12.5. The number of nitrogens with two attached hydrogens (primary N) is 1. The van der Waals surface area contributed by atoms with E-state index < -0.39 is 11.8 Å². The van der Waals surface area contributed by atoms with Crippen LogP contribution in [0.2, 0.25) is 0 Å². The van der Waals surface area contributed by atoms with E-state index in [0.717, 1.165) is 6.08 Å². The van der Waals surface area contributed by atoms with Crippen LogP contribution in [0.1, 0.15) is 11.1 Å². The van der Waals surface area contributed by atoms with Crippen molar-refractivity contribution in [2.45, 2.75) is 0 Å². The summed E-state index contributed by atoms with van der Waals surface area (Å²) in [4.78, 5) is 24.3. The van der Waals surface area contributed by atoms with Gasteiger partial charge in [0.25, 0.3) is 0 Å². The van der Waals surface area contributed by atoms with Crippen LogP contribution in [0.3, 0.4) is 0 Å². The van der Waals surface area contributed by atoms with Crippen molar-refractivity contribution in [1.82, 2.24) is 0 Å². The third-order valence-electron chi connectivity index (χ3n) is 3.42. The SMILES string of the molecule is C=CC(=O)C(=C(C(=O)O)c1ccccc1)c1cccc(NC=NN)c1. The van der Waals surface area contributed by atoms with Crippen LogP contribution in [0.15, 0.2) is 72.4 Å². The molecule has 0 unspecified atom stereocenters. The fourth-order valence-corrected chi connectivity index (χ4v) is 2.37. The molecule has 0 saturated carbocycles. The Labute approximate surface area is 145 Å². The fourth-order valence-electron chi connectivity index (χ4n) is 2.37. The first-order valence-corrected chi connectivity index (χ1v) is 7.37. The van der Waals surface area contributed by atoms with Crippen molar-refractivity contribution in [3.8, 4) is 0 Å². The smallest absolute Gasteiger partial charge is 0.337 e. The number of hydrogen-bond donors (Lipinski definition) is 3. The summed E-state index contributed by atoms with van der Waals surface area (Å²) >= 11 is 0. The standard InChI is InChI=1S/C19H17N3O3/c1-2-16(23)17(14-9-6-10-15(11-14)21-12-22-20)18(19(24)25)13-7-4-3-5-8-13/h2-12H,1,20H2,(H,21,22)(H,24,25). The van der Waals surface area contributed by atoms with Gasteiger partial charge in [0.05, 0.1) is 5.57 Å². The van der Waals surface area contributed by atoms with E-state index in [1.165, 1.54) is 6.34 Å². The fraction of sp³-hybridized carbons (Fsp3) is 0. The highest BCUT2D eigenvalue weighted by Crippen LogP contribution is 2.29. The van der Waals surface area contributed by atoms with Crippen LogP contribution >= 0.6 is 0 Å². The molecule has 0 radical (unpaired) electrons. The largest absolute Gasteiger partial charge is 0.478 e. The molecule has 0 amide bonds. The van der Waals surface area contributed by atoms with E-state index in [9.17, 15) is 14.7 Å². The minimum absolute atomic E-state index is 0.0574. The Morgan fingerprint density at radius 3 is 2.32 bits per heavy atom. The molecule has 0 atom stereocenters. The summed E-state index contributed by atoms with van der Waals surface area (Å²) in [6.45, 7) is 3.48. The zero-order chi connectivity index (χ0) is 18.2. The Balaban J connectivity index is 2.72. The Bertz CT molecular complexity index is 855. The van der Waals surface area contributed by atoms with E-state index in [2.05, 4.69) is 17.0 Å². The van der Waals surface area contributed by atoms with Crippen molar-refractivity contribution in [1.29, 1.82) is 0 Å². The molecule has 4 N–H and O–H groups in total. The summed E-state index contributed by atoms with van der Waals surface area (Å²) in [7, 11) is 0. The Kier molecular flexibility index (Phi) is 5.84. The molecule has 6 heteroatoms. The molecule has 25 heavy (non-hydrogen) atoms. The minimum Gasteiger partial charge on any atom is -0.478 e. The van der Waals surface area contributed by atoms with Crippen LogP contribution < -0.4 is 11.2 Å². The third kappa shape index (κ3) is 4.20. The molecule has 2 aromatic carbocycles. The number of ketones is 1. The zero-order valence-electron chi connectivity index (χ0n) is 13.3. The molecule has 2 rings (SSSR count). The number of rotatable bonds is 7. The number of hydrazone groups is 1. The highest BCUT2D eigenvalue weighted by molar-refractivity contribution is 6.41. The van der Waals surface area contributed by atoms with Crippen LogP contribution in [0, 0.1) is 0 Å². The van der Waals surface area contributed by atoms with Crippen LogP contribution in [-0.4, -0.2) is 23.2 Å². The summed E-state index contributed by atoms with van der Waals surface area (Å²) < 4.78 is 0. The number of carboxylic acids is 1. The quantitative estimate of drug-likeness (QED) is 0.180. The molecule has 0 spiro atoms. The first-order valence-electron chi connectivity index (χ1n) is 7.37. The number of carbonyl (C=O) groups excluding carboxylic acids is 1. The van der Waals surface area contributed by atoms with Gasteiger partial charge in [0, 0.05) is 11.3 Å². The van der Waals surface area contributed by atoms with Gasteiger partial charge in [0.1, 0.15) is 6.34 Å². The second-order valence-corrected chi connectivity index (χ2v) is 4.99. The van der Waals surface area contributed by atoms with E-state index in [4.69, 9.17) is 5.84 Å². The minimum atomic E-state index is -1.20. The van der Waals surface area contributed by atoms with E-state index in [1.807, 2.05) is 0 Å². The van der Waals surface area contributed by atoms with Gasteiger partial charge in [-0.1, -0.05) is 49.0 Å². The number of allylic oxidation sites excluding steroid dienone is 2. The van der Waals surface area contributed by atoms with Crippen LogP contribution in [0.5, 0.6) is 0 Å². The molecule has 6 nitrogen and oxygen atoms in total. The molecule has 2 aromatic rings. The second-order valence-electron chi connectivity index (χ2n) is 4.99. The third-order valence-corrected chi connectivity index (χ3v) is 3.42. The summed E-state index contributed by atoms with van der Waals surface area (Å²) in [5.41, 5.74) is 1.46. The molecular weight excluding hydrogens is 318 g/mol. The number of benzene rings is 2. The lowest BCUT2D eigenvalue weighted by Gasteiger charge is -2.12. The van der Waals surface area contributed by atoms with Crippen LogP contribution in [-0.2, 0) is 9.59 Å². The normalized spacial score (nSPS) is 11.7. The number of nitrogens with zero attached hydrogens (tertiary/aromatic N) is 1. The summed E-state index contributed by atoms with van der Waals surface area (Å²) in [5.74, 6) is 3.38. The van der Waals surface area contributed by atoms with Gasteiger partial charge in [-0.05, 0) is 29.3 Å². The van der Waals surface area contributed by atoms with Crippen LogP contribution in [0.4, 0.5) is 5.69 Å². The monoisotopic (exact) mass is 335 g/mol. The lowest BCUT2D eigenvalue weighted by Crippen LogP contribution is -2.09. The number of nitrogens with one attached hydrogen (secondary N) is 1. The zero-order valence-corrected chi connectivity index (χ0v) is 13.3. The van der Waals surface area contributed by atoms with Gasteiger partial charge in [-0.25, -0.2) is 4.79 Å². The molecule has 0 heterocycles. The molecule has 0 saturated heterocycles. The van der Waals surface area contributed by atoms with Crippen molar-refractivity contribution < 1.29 is 14.7 Å². The van der Waals surface area contributed by atoms with Gasteiger partial charge in [-0.2, -0.15) is 5.10 Å². The van der Waals surface area contributed by atoms with Crippen molar-refractivity contribution in [3.63, 3.8) is 0 Å². The van der Waals surface area contributed by atoms with Crippen molar-refractivity contribution in [2.75, 3.05) is 5.32 Å². The first kappa shape index (κ1) is 17.7. The van der Waals surface area contributed by atoms with Crippen molar-refractivity contribution in [2.24, 2.45) is 10.9 Å². The van der Waals surface area contributed by atoms with E-state index in [1.54, 1.807) is 54.6 Å². The van der Waals surface area contributed by atoms with Crippen LogP contribution in [0.25, 0.3) is 11.1 Å². The van der Waals surface area contributed by atoms with Crippen molar-refractivity contribution in [3.05, 3.63) is 78.4 Å². The van der Waals surface area contributed by atoms with Gasteiger partial charge in [0.15, 0.2) is 5.78 Å². The second kappa shape index (κ2) is 8.26. The molecule has 0 aromatic heterocycles. The number of anilines is 1. The van der Waals surface area contributed by atoms with Gasteiger partial charge in [-0.15, -0.1) is 0 Å². The number of hydrogen-bond acceptors (Lipinski definition) is 4. The highest BCUT2D eigenvalue weighted by atomic mass is 16.4. The predicted octanol–water partition coefficient (Wildman–Crippen LogP) is 2.75. The molecular formula is C19H17N3O3. The highest BCUT2D eigenvalue weighted by Gasteiger charge is 2.22. The molecule has 0 bridgehead atoms. The first-order chi connectivity index (χ1) is 12.1. The lowest BCUT2D eigenvalue weighted by molar-refractivity contribution is -0.130. The summed E-state index contributed by atoms with van der Waals surface area (Å²) in [6, 6.07) is 15.2. The summed E-state index contributed by atoms with van der Waals surface area (Å²) in [6.07, 6.45) is 2.38. The molecule has 0 aliphatic heterocycles. The topological polar surface area (TPSA) is 105 Å². The summed E-state index contributed by atoms with van der Waals surface area (Å²) in [5, 5.41) is 15.9. The number of carboxylic acid groups (broad SMARTS) is 1. The molecule has 0 aliphatic carbocycles. The van der Waals surface area contributed by atoms with Gasteiger partial charge >= 0.3 is 5.97 Å². The van der Waals surface area contributed by atoms with E-state index in [0.29, 0.717) is 16.8 Å². The Hall–Kier alpha value is -3.67. The van der Waals surface area contributed by atoms with Gasteiger partial charge in [0.2, 0.25) is 0 Å². The average Bonchev–Trinajstić information content (AvgIpc) is 2.64. The Morgan fingerprint density at radius 1 is 1.04 bits per heavy atom. The van der Waals surface area contributed by atoms with Gasteiger partial charge < -0.3 is 16.3 Å². The average molecular weight is 335 g/mol. The number of carbonyl (C=O) groups is 2. The molecule has 0 fully saturated rings. The van der Waals surface area contributed by atoms with Crippen molar-refractivity contribution >= 4 is 34.9 Å². The van der Waals surface area contributed by atoms with E-state index >= 15 is 0 Å². The predicted molar refractivity (Wildman–Crippen MR) is 98.8 cm³/mol. The molecule has 0 aliphatic rings. The van der Waals surface area contributed by atoms with Gasteiger partial charge in [-0.3, -0.25) is 4.79 Å². The number of aliphatic carboxylic acids is 1. The maximum Gasteiger partial charge on any atom is 0.337 e.